The van der Waals surface area contributed by atoms with Gasteiger partial charge in [-0.25, -0.2) is 4.79 Å². The lowest BCUT2D eigenvalue weighted by Gasteiger charge is -2.28. The van der Waals surface area contributed by atoms with Crippen molar-refractivity contribution in [1.82, 2.24) is 10.2 Å². The number of nitrogens with zero attached hydrogens (tertiary/aromatic N) is 1. The van der Waals surface area contributed by atoms with Gasteiger partial charge in [-0.3, -0.25) is 4.90 Å². The van der Waals surface area contributed by atoms with Gasteiger partial charge in [0.15, 0.2) is 0 Å². The maximum absolute atomic E-state index is 11.2. The van der Waals surface area contributed by atoms with Crippen molar-refractivity contribution >= 4 is 5.97 Å². The molecule has 0 spiro atoms. The van der Waals surface area contributed by atoms with E-state index in [9.17, 15) is 4.79 Å². The fourth-order valence-electron chi connectivity index (χ4n) is 2.17. The summed E-state index contributed by atoms with van der Waals surface area (Å²) in [5.41, 5.74) is 0. The van der Waals surface area contributed by atoms with Crippen molar-refractivity contribution in [2.24, 2.45) is 0 Å². The number of ether oxygens (including phenoxy) is 1. The Morgan fingerprint density at radius 2 is 2.33 bits per heavy atom. The molecule has 1 rings (SSSR count). The van der Waals surface area contributed by atoms with E-state index >= 15 is 0 Å². The molecule has 1 saturated heterocycles. The van der Waals surface area contributed by atoms with Crippen molar-refractivity contribution in [3.8, 4) is 0 Å². The Hall–Kier alpha value is -0.870. The quantitative estimate of drug-likeness (QED) is 0.553. The van der Waals surface area contributed by atoms with E-state index in [-0.39, 0.29) is 5.97 Å². The number of carbonyl (C=O) groups is 1. The maximum Gasteiger partial charge on any atom is 0.330 e. The molecule has 0 bridgehead atoms. The van der Waals surface area contributed by atoms with Crippen LogP contribution in [0.2, 0.25) is 0 Å². The zero-order valence-electron chi connectivity index (χ0n) is 11.8. The molecule has 0 aromatic heterocycles. The van der Waals surface area contributed by atoms with Gasteiger partial charge in [0.05, 0.1) is 6.61 Å². The third-order valence-corrected chi connectivity index (χ3v) is 3.23. The second-order valence-electron chi connectivity index (χ2n) is 5.00. The van der Waals surface area contributed by atoms with Crippen molar-refractivity contribution in [3.63, 3.8) is 0 Å². The molecule has 18 heavy (non-hydrogen) atoms. The highest BCUT2D eigenvalue weighted by molar-refractivity contribution is 5.81. The summed E-state index contributed by atoms with van der Waals surface area (Å²) in [7, 11) is 0. The SMILES string of the molecule is CCOC(=O)/C=C/CN(CC1CCCN1)C(C)C. The summed E-state index contributed by atoms with van der Waals surface area (Å²) in [5.74, 6) is -0.250. The Morgan fingerprint density at radius 1 is 1.56 bits per heavy atom. The van der Waals surface area contributed by atoms with E-state index in [0.29, 0.717) is 18.7 Å². The molecule has 1 aliphatic heterocycles. The van der Waals surface area contributed by atoms with Crippen LogP contribution in [0.3, 0.4) is 0 Å². The molecule has 4 heteroatoms. The molecule has 104 valence electrons. The van der Waals surface area contributed by atoms with Gasteiger partial charge in [-0.2, -0.15) is 0 Å². The van der Waals surface area contributed by atoms with Crippen LogP contribution in [0.1, 0.15) is 33.6 Å². The molecular formula is C14H26N2O2. The number of rotatable bonds is 7. The average molecular weight is 254 g/mol. The van der Waals surface area contributed by atoms with E-state index in [1.54, 1.807) is 0 Å². The van der Waals surface area contributed by atoms with E-state index in [1.807, 2.05) is 13.0 Å². The fourth-order valence-corrected chi connectivity index (χ4v) is 2.17. The molecule has 1 heterocycles. The van der Waals surface area contributed by atoms with Crippen molar-refractivity contribution < 1.29 is 9.53 Å². The number of carbonyl (C=O) groups excluding carboxylic acids is 1. The number of esters is 1. The first-order valence-electron chi connectivity index (χ1n) is 6.94. The third kappa shape index (κ3) is 5.65. The van der Waals surface area contributed by atoms with Gasteiger partial charge in [0.25, 0.3) is 0 Å². The summed E-state index contributed by atoms with van der Waals surface area (Å²) >= 11 is 0. The molecule has 0 saturated carbocycles. The van der Waals surface area contributed by atoms with Crippen molar-refractivity contribution in [2.75, 3.05) is 26.2 Å². The van der Waals surface area contributed by atoms with Crippen LogP contribution in [-0.2, 0) is 9.53 Å². The second-order valence-corrected chi connectivity index (χ2v) is 5.00. The van der Waals surface area contributed by atoms with E-state index in [4.69, 9.17) is 4.74 Å². The Kier molecular flexibility index (Phi) is 6.98. The van der Waals surface area contributed by atoms with Crippen molar-refractivity contribution in [3.05, 3.63) is 12.2 Å². The van der Waals surface area contributed by atoms with Crippen molar-refractivity contribution in [2.45, 2.75) is 45.7 Å². The van der Waals surface area contributed by atoms with E-state index in [1.165, 1.54) is 18.9 Å². The van der Waals surface area contributed by atoms with Gasteiger partial charge < -0.3 is 10.1 Å². The number of hydrogen-bond donors (Lipinski definition) is 1. The molecular weight excluding hydrogens is 228 g/mol. The van der Waals surface area contributed by atoms with E-state index in [2.05, 4.69) is 24.1 Å². The summed E-state index contributed by atoms with van der Waals surface area (Å²) in [4.78, 5) is 13.6. The number of hydrogen-bond acceptors (Lipinski definition) is 4. The van der Waals surface area contributed by atoms with Gasteiger partial charge in [-0.1, -0.05) is 6.08 Å². The minimum Gasteiger partial charge on any atom is -0.463 e. The predicted molar refractivity (Wildman–Crippen MR) is 73.5 cm³/mol. The molecule has 1 N–H and O–H groups in total. The minimum atomic E-state index is -0.250. The molecule has 1 fully saturated rings. The second kappa shape index (κ2) is 8.27. The molecule has 0 aromatic carbocycles. The first-order valence-corrected chi connectivity index (χ1v) is 6.94. The van der Waals surface area contributed by atoms with Crippen LogP contribution in [-0.4, -0.2) is 49.2 Å². The van der Waals surface area contributed by atoms with Gasteiger partial charge in [0, 0.05) is 31.2 Å². The Balaban J connectivity index is 2.35. The largest absolute Gasteiger partial charge is 0.463 e. The molecule has 0 radical (unpaired) electrons. The van der Waals surface area contributed by atoms with Crippen LogP contribution in [0.25, 0.3) is 0 Å². The van der Waals surface area contributed by atoms with Crippen LogP contribution in [0, 0.1) is 0 Å². The number of nitrogens with one attached hydrogen (secondary N) is 1. The van der Waals surface area contributed by atoms with Gasteiger partial charge in [-0.15, -0.1) is 0 Å². The highest BCUT2D eigenvalue weighted by Gasteiger charge is 2.18. The normalized spacial score (nSPS) is 20.2. The smallest absolute Gasteiger partial charge is 0.330 e. The van der Waals surface area contributed by atoms with Gasteiger partial charge in [-0.05, 0) is 40.2 Å². The van der Waals surface area contributed by atoms with Crippen LogP contribution in [0.4, 0.5) is 0 Å². The van der Waals surface area contributed by atoms with Crippen LogP contribution >= 0.6 is 0 Å². The summed E-state index contributed by atoms with van der Waals surface area (Å²) in [6.07, 6.45) is 5.95. The van der Waals surface area contributed by atoms with Crippen LogP contribution in [0.15, 0.2) is 12.2 Å². The lowest BCUT2D eigenvalue weighted by atomic mass is 10.2. The lowest BCUT2D eigenvalue weighted by molar-refractivity contribution is -0.137. The summed E-state index contributed by atoms with van der Waals surface area (Å²) in [6, 6.07) is 1.09. The first kappa shape index (κ1) is 15.2. The highest BCUT2D eigenvalue weighted by atomic mass is 16.5. The molecule has 1 unspecified atom stereocenters. The van der Waals surface area contributed by atoms with Gasteiger partial charge in [0.2, 0.25) is 0 Å². The Morgan fingerprint density at radius 3 is 2.89 bits per heavy atom. The molecule has 4 nitrogen and oxygen atoms in total. The minimum absolute atomic E-state index is 0.250. The summed E-state index contributed by atoms with van der Waals surface area (Å²) in [5, 5.41) is 3.50. The molecule has 1 aliphatic rings. The molecule has 0 aliphatic carbocycles. The third-order valence-electron chi connectivity index (χ3n) is 3.23. The molecule has 0 amide bonds. The fraction of sp³-hybridized carbons (Fsp3) is 0.786. The van der Waals surface area contributed by atoms with Gasteiger partial charge >= 0.3 is 5.97 Å². The highest BCUT2D eigenvalue weighted by Crippen LogP contribution is 2.09. The Labute approximate surface area is 110 Å². The molecule has 0 aromatic rings. The van der Waals surface area contributed by atoms with Gasteiger partial charge in [0.1, 0.15) is 0 Å². The van der Waals surface area contributed by atoms with E-state index in [0.717, 1.165) is 19.6 Å². The average Bonchev–Trinajstić information content (AvgIpc) is 2.80. The predicted octanol–water partition coefficient (Wildman–Crippen LogP) is 1.57. The van der Waals surface area contributed by atoms with Crippen LogP contribution in [0.5, 0.6) is 0 Å². The summed E-state index contributed by atoms with van der Waals surface area (Å²) < 4.78 is 4.86. The first-order chi connectivity index (χ1) is 8.63. The van der Waals surface area contributed by atoms with Crippen LogP contribution < -0.4 is 5.32 Å². The zero-order valence-corrected chi connectivity index (χ0v) is 11.8. The maximum atomic E-state index is 11.2. The summed E-state index contributed by atoms with van der Waals surface area (Å²) in [6.45, 7) is 9.61. The topological polar surface area (TPSA) is 41.6 Å². The standard InChI is InChI=1S/C14H26N2O2/c1-4-18-14(17)8-6-10-16(12(2)3)11-13-7-5-9-15-13/h6,8,12-13,15H,4-5,7,9-11H2,1-3H3/b8-6+. The lowest BCUT2D eigenvalue weighted by Crippen LogP contribution is -2.41. The van der Waals surface area contributed by atoms with Crippen molar-refractivity contribution in [1.29, 1.82) is 0 Å². The molecule has 1 atom stereocenters. The zero-order chi connectivity index (χ0) is 13.4. The monoisotopic (exact) mass is 254 g/mol. The van der Waals surface area contributed by atoms with E-state index < -0.39 is 0 Å². The Bertz CT molecular complexity index is 271.